The van der Waals surface area contributed by atoms with Crippen molar-refractivity contribution in [2.45, 2.75) is 6.92 Å². The van der Waals surface area contributed by atoms with E-state index in [1.807, 2.05) is 0 Å². The Morgan fingerprint density at radius 1 is 1.38 bits per heavy atom. The molecule has 1 N–H and O–H groups in total. The summed E-state index contributed by atoms with van der Waals surface area (Å²) in [5.41, 5.74) is 0.978. The molecule has 0 aliphatic carbocycles. The first-order chi connectivity index (χ1) is 10.1. The summed E-state index contributed by atoms with van der Waals surface area (Å²) in [7, 11) is 0. The van der Waals surface area contributed by atoms with E-state index < -0.39 is 10.9 Å². The van der Waals surface area contributed by atoms with Crippen molar-refractivity contribution in [3.8, 4) is 0 Å². The summed E-state index contributed by atoms with van der Waals surface area (Å²) < 4.78 is 4.92. The summed E-state index contributed by atoms with van der Waals surface area (Å²) in [5.74, 6) is 0.0411. The third-order valence-corrected chi connectivity index (χ3v) is 2.60. The van der Waals surface area contributed by atoms with Crippen molar-refractivity contribution in [1.82, 2.24) is 4.98 Å². The number of ether oxygens (including phenoxy) is 1. The fraction of sp³-hybridized carbons (Fsp3) is 0.143. The predicted octanol–water partition coefficient (Wildman–Crippen LogP) is 2.91. The molecule has 1 aromatic carbocycles. The van der Waals surface area contributed by atoms with Crippen LogP contribution in [-0.2, 0) is 4.74 Å². The summed E-state index contributed by atoms with van der Waals surface area (Å²) >= 11 is 0. The van der Waals surface area contributed by atoms with Crippen molar-refractivity contribution in [1.29, 1.82) is 0 Å². The molecule has 0 saturated heterocycles. The van der Waals surface area contributed by atoms with Crippen LogP contribution in [0.4, 0.5) is 17.2 Å². The number of pyridine rings is 1. The molecular weight excluding hydrogens is 274 g/mol. The van der Waals surface area contributed by atoms with E-state index >= 15 is 0 Å². The fourth-order valence-electron chi connectivity index (χ4n) is 1.65. The van der Waals surface area contributed by atoms with Gasteiger partial charge < -0.3 is 10.1 Å². The second kappa shape index (κ2) is 6.47. The molecular formula is C14H13N3O4. The molecule has 0 aliphatic heterocycles. The lowest BCUT2D eigenvalue weighted by Gasteiger charge is -2.07. The first-order valence-electron chi connectivity index (χ1n) is 6.25. The Morgan fingerprint density at radius 3 is 2.81 bits per heavy atom. The van der Waals surface area contributed by atoms with Gasteiger partial charge in [0.05, 0.1) is 17.1 Å². The third-order valence-electron chi connectivity index (χ3n) is 2.60. The molecule has 108 valence electrons. The minimum atomic E-state index is -0.516. The van der Waals surface area contributed by atoms with E-state index in [4.69, 9.17) is 4.74 Å². The van der Waals surface area contributed by atoms with E-state index in [1.54, 1.807) is 31.2 Å². The molecule has 0 atom stereocenters. The molecule has 1 heterocycles. The van der Waals surface area contributed by atoms with Gasteiger partial charge in [0.15, 0.2) is 0 Å². The molecule has 0 fully saturated rings. The quantitative estimate of drug-likeness (QED) is 0.516. The van der Waals surface area contributed by atoms with Gasteiger partial charge in [-0.05, 0) is 31.2 Å². The SMILES string of the molecule is CCOC(=O)c1cccc(Nc2ccc([N+](=O)[O-])cn2)c1. The maximum atomic E-state index is 11.6. The average molecular weight is 287 g/mol. The van der Waals surface area contributed by atoms with Crippen molar-refractivity contribution in [2.24, 2.45) is 0 Å². The smallest absolute Gasteiger partial charge is 0.338 e. The summed E-state index contributed by atoms with van der Waals surface area (Å²) in [6.07, 6.45) is 1.16. The van der Waals surface area contributed by atoms with Crippen molar-refractivity contribution in [3.63, 3.8) is 0 Å². The molecule has 0 bridgehead atoms. The average Bonchev–Trinajstić information content (AvgIpc) is 2.48. The van der Waals surface area contributed by atoms with Gasteiger partial charge in [-0.1, -0.05) is 6.07 Å². The Hall–Kier alpha value is -2.96. The highest BCUT2D eigenvalue weighted by atomic mass is 16.6. The van der Waals surface area contributed by atoms with E-state index in [9.17, 15) is 14.9 Å². The second-order valence-corrected chi connectivity index (χ2v) is 4.09. The maximum Gasteiger partial charge on any atom is 0.338 e. The molecule has 2 rings (SSSR count). The number of anilines is 2. The van der Waals surface area contributed by atoms with Gasteiger partial charge in [0, 0.05) is 11.8 Å². The Bertz CT molecular complexity index is 656. The Morgan fingerprint density at radius 2 is 2.19 bits per heavy atom. The van der Waals surface area contributed by atoms with E-state index in [0.29, 0.717) is 23.7 Å². The number of rotatable bonds is 5. The minimum Gasteiger partial charge on any atom is -0.462 e. The van der Waals surface area contributed by atoms with Gasteiger partial charge in [0.1, 0.15) is 12.0 Å². The monoisotopic (exact) mass is 287 g/mol. The summed E-state index contributed by atoms with van der Waals surface area (Å²) in [5, 5.41) is 13.5. The molecule has 2 aromatic rings. The number of esters is 1. The number of hydrogen-bond acceptors (Lipinski definition) is 6. The lowest BCUT2D eigenvalue weighted by Crippen LogP contribution is -2.05. The van der Waals surface area contributed by atoms with Gasteiger partial charge in [0.25, 0.3) is 5.69 Å². The highest BCUT2D eigenvalue weighted by Crippen LogP contribution is 2.18. The van der Waals surface area contributed by atoms with Crippen LogP contribution in [0, 0.1) is 10.1 Å². The largest absolute Gasteiger partial charge is 0.462 e. The number of nitrogens with one attached hydrogen (secondary N) is 1. The van der Waals surface area contributed by atoms with Gasteiger partial charge in [-0.3, -0.25) is 10.1 Å². The standard InChI is InChI=1S/C14H13N3O4/c1-2-21-14(18)10-4-3-5-11(8-10)16-13-7-6-12(9-15-13)17(19)20/h3-9H,2H2,1H3,(H,15,16). The van der Waals surface area contributed by atoms with Crippen LogP contribution in [0.25, 0.3) is 0 Å². The van der Waals surface area contributed by atoms with Crippen LogP contribution in [-0.4, -0.2) is 22.5 Å². The molecule has 0 amide bonds. The van der Waals surface area contributed by atoms with Gasteiger partial charge in [0.2, 0.25) is 0 Å². The van der Waals surface area contributed by atoms with Crippen LogP contribution in [0.1, 0.15) is 17.3 Å². The predicted molar refractivity (Wildman–Crippen MR) is 76.6 cm³/mol. The topological polar surface area (TPSA) is 94.4 Å². The maximum absolute atomic E-state index is 11.6. The number of nitro groups is 1. The van der Waals surface area contributed by atoms with Crippen LogP contribution >= 0.6 is 0 Å². The molecule has 0 radical (unpaired) electrons. The zero-order valence-corrected chi connectivity index (χ0v) is 11.3. The molecule has 0 unspecified atom stereocenters. The number of carbonyl (C=O) groups is 1. The third kappa shape index (κ3) is 3.75. The number of nitrogens with zero attached hydrogens (tertiary/aromatic N) is 2. The molecule has 0 spiro atoms. The van der Waals surface area contributed by atoms with Gasteiger partial charge >= 0.3 is 5.97 Å². The zero-order valence-electron chi connectivity index (χ0n) is 11.3. The van der Waals surface area contributed by atoms with Crippen molar-refractivity contribution in [2.75, 3.05) is 11.9 Å². The van der Waals surface area contributed by atoms with E-state index in [2.05, 4.69) is 10.3 Å². The minimum absolute atomic E-state index is 0.0826. The van der Waals surface area contributed by atoms with Crippen LogP contribution in [0.15, 0.2) is 42.6 Å². The van der Waals surface area contributed by atoms with Crippen molar-refractivity contribution in [3.05, 3.63) is 58.3 Å². The van der Waals surface area contributed by atoms with Crippen LogP contribution in [0.5, 0.6) is 0 Å². The normalized spacial score (nSPS) is 9.95. The number of carbonyl (C=O) groups excluding carboxylic acids is 1. The Kier molecular flexibility index (Phi) is 4.45. The zero-order chi connectivity index (χ0) is 15.2. The summed E-state index contributed by atoms with van der Waals surface area (Å²) in [6.45, 7) is 2.04. The lowest BCUT2D eigenvalue weighted by atomic mass is 10.2. The highest BCUT2D eigenvalue weighted by Gasteiger charge is 2.08. The molecule has 0 aliphatic rings. The molecule has 7 nitrogen and oxygen atoms in total. The second-order valence-electron chi connectivity index (χ2n) is 4.09. The Labute approximate surface area is 120 Å². The van der Waals surface area contributed by atoms with Crippen LogP contribution in [0.2, 0.25) is 0 Å². The van der Waals surface area contributed by atoms with Crippen LogP contribution < -0.4 is 5.32 Å². The lowest BCUT2D eigenvalue weighted by molar-refractivity contribution is -0.385. The fourth-order valence-corrected chi connectivity index (χ4v) is 1.65. The molecule has 1 aromatic heterocycles. The number of hydrogen-bond donors (Lipinski definition) is 1. The Balaban J connectivity index is 2.14. The molecule has 7 heteroatoms. The summed E-state index contributed by atoms with van der Waals surface area (Å²) in [6, 6.07) is 9.58. The summed E-state index contributed by atoms with van der Waals surface area (Å²) in [4.78, 5) is 25.6. The van der Waals surface area contributed by atoms with E-state index in [0.717, 1.165) is 6.20 Å². The van der Waals surface area contributed by atoms with Gasteiger partial charge in [-0.2, -0.15) is 0 Å². The number of benzene rings is 1. The van der Waals surface area contributed by atoms with Gasteiger partial charge in [-0.15, -0.1) is 0 Å². The first-order valence-corrected chi connectivity index (χ1v) is 6.25. The molecule has 0 saturated carbocycles. The number of aromatic nitrogens is 1. The first kappa shape index (κ1) is 14.4. The molecule has 21 heavy (non-hydrogen) atoms. The van der Waals surface area contributed by atoms with E-state index in [1.165, 1.54) is 12.1 Å². The highest BCUT2D eigenvalue weighted by molar-refractivity contribution is 5.90. The van der Waals surface area contributed by atoms with Gasteiger partial charge in [-0.25, -0.2) is 9.78 Å². The van der Waals surface area contributed by atoms with Crippen molar-refractivity contribution >= 4 is 23.2 Å². The van der Waals surface area contributed by atoms with Crippen LogP contribution in [0.3, 0.4) is 0 Å². The van der Waals surface area contributed by atoms with E-state index in [-0.39, 0.29) is 5.69 Å². The van der Waals surface area contributed by atoms with Crippen molar-refractivity contribution < 1.29 is 14.5 Å².